The largest absolute Gasteiger partial charge is 0.467 e. The lowest BCUT2D eigenvalue weighted by molar-refractivity contribution is -0.121. The molecule has 0 radical (unpaired) electrons. The van der Waals surface area contributed by atoms with Crippen molar-refractivity contribution in [2.24, 2.45) is 0 Å². The van der Waals surface area contributed by atoms with Crippen LogP contribution in [0.1, 0.15) is 13.3 Å². The van der Waals surface area contributed by atoms with Gasteiger partial charge in [-0.15, -0.1) is 0 Å². The molecular formula is C20H17BrN4O3. The number of hydrogen-bond donors (Lipinski definition) is 1. The van der Waals surface area contributed by atoms with Crippen molar-refractivity contribution in [3.8, 4) is 5.88 Å². The Labute approximate surface area is 169 Å². The van der Waals surface area contributed by atoms with Crippen LogP contribution in [0.4, 0.5) is 11.4 Å². The fraction of sp³-hybridized carbons (Fsp3) is 0.200. The number of nitrogens with zero attached hydrogens (tertiary/aromatic N) is 3. The van der Waals surface area contributed by atoms with Gasteiger partial charge in [0, 0.05) is 16.9 Å². The summed E-state index contributed by atoms with van der Waals surface area (Å²) in [6.45, 7) is 1.64. The number of fused-ring (bicyclic) bond motifs is 2. The van der Waals surface area contributed by atoms with Crippen molar-refractivity contribution in [3.05, 3.63) is 53.3 Å². The third kappa shape index (κ3) is 3.55. The zero-order valence-electron chi connectivity index (χ0n) is 15.1. The Morgan fingerprint density at radius 1 is 1.29 bits per heavy atom. The van der Waals surface area contributed by atoms with Crippen LogP contribution in [0.25, 0.3) is 10.9 Å². The Balaban J connectivity index is 1.60. The summed E-state index contributed by atoms with van der Waals surface area (Å²) in [4.78, 5) is 35.1. The van der Waals surface area contributed by atoms with Crippen LogP contribution in [0.5, 0.6) is 5.88 Å². The lowest BCUT2D eigenvalue weighted by Crippen LogP contribution is -2.41. The molecule has 1 aliphatic heterocycles. The van der Waals surface area contributed by atoms with Crippen molar-refractivity contribution < 1.29 is 14.3 Å². The Bertz CT molecular complexity index is 1070. The number of para-hydroxylation sites is 2. The summed E-state index contributed by atoms with van der Waals surface area (Å²) in [7, 11) is 0. The summed E-state index contributed by atoms with van der Waals surface area (Å²) in [5, 5.41) is 3.56. The third-order valence-electron chi connectivity index (χ3n) is 4.52. The minimum absolute atomic E-state index is 0.122. The lowest BCUT2D eigenvalue weighted by Gasteiger charge is -2.27. The normalized spacial score (nSPS) is 16.3. The summed E-state index contributed by atoms with van der Waals surface area (Å²) >= 11 is 3.42. The first-order valence-corrected chi connectivity index (χ1v) is 9.56. The molecule has 0 spiro atoms. The Kier molecular flexibility index (Phi) is 4.95. The molecule has 0 fully saturated rings. The molecular weight excluding hydrogens is 424 g/mol. The number of carbonyl (C=O) groups excluding carboxylic acids is 2. The molecule has 0 unspecified atom stereocenters. The highest BCUT2D eigenvalue weighted by Crippen LogP contribution is 2.31. The second-order valence-corrected chi connectivity index (χ2v) is 7.43. The highest BCUT2D eigenvalue weighted by Gasteiger charge is 2.29. The van der Waals surface area contributed by atoms with Crippen molar-refractivity contribution >= 4 is 50.0 Å². The average Bonchev–Trinajstić information content (AvgIpc) is 2.80. The zero-order chi connectivity index (χ0) is 19.7. The van der Waals surface area contributed by atoms with Crippen molar-refractivity contribution in [1.29, 1.82) is 0 Å². The van der Waals surface area contributed by atoms with Gasteiger partial charge in [0.05, 0.1) is 22.3 Å². The first-order valence-electron chi connectivity index (χ1n) is 8.77. The van der Waals surface area contributed by atoms with Crippen LogP contribution in [0.15, 0.2) is 53.3 Å². The number of benzene rings is 2. The van der Waals surface area contributed by atoms with Crippen molar-refractivity contribution in [1.82, 2.24) is 9.97 Å². The molecule has 1 aromatic heterocycles. The highest BCUT2D eigenvalue weighted by atomic mass is 79.9. The molecule has 2 heterocycles. The predicted octanol–water partition coefficient (Wildman–Crippen LogP) is 3.54. The zero-order valence-corrected chi connectivity index (χ0v) is 16.6. The van der Waals surface area contributed by atoms with Crippen LogP contribution in [0, 0.1) is 0 Å². The molecule has 0 bridgehead atoms. The van der Waals surface area contributed by atoms with E-state index < -0.39 is 0 Å². The number of rotatable bonds is 3. The topological polar surface area (TPSA) is 84.4 Å². The molecule has 0 aliphatic carbocycles. The highest BCUT2D eigenvalue weighted by molar-refractivity contribution is 9.10. The van der Waals surface area contributed by atoms with Gasteiger partial charge in [-0.1, -0.05) is 28.1 Å². The van der Waals surface area contributed by atoms with E-state index in [1.165, 1.54) is 6.33 Å². The summed E-state index contributed by atoms with van der Waals surface area (Å²) in [5.74, 6) is -0.0365. The van der Waals surface area contributed by atoms with Gasteiger partial charge in [0.2, 0.25) is 11.8 Å². The van der Waals surface area contributed by atoms with Gasteiger partial charge >= 0.3 is 0 Å². The molecule has 142 valence electrons. The third-order valence-corrected chi connectivity index (χ3v) is 5.01. The van der Waals surface area contributed by atoms with Crippen molar-refractivity contribution in [2.75, 3.05) is 16.8 Å². The monoisotopic (exact) mass is 440 g/mol. The molecule has 2 aromatic carbocycles. The second-order valence-electron chi connectivity index (χ2n) is 6.51. The van der Waals surface area contributed by atoms with Crippen molar-refractivity contribution in [2.45, 2.75) is 19.4 Å². The predicted molar refractivity (Wildman–Crippen MR) is 109 cm³/mol. The Morgan fingerprint density at radius 2 is 2.11 bits per heavy atom. The number of halogens is 1. The minimum atomic E-state index is -0.295. The van der Waals surface area contributed by atoms with E-state index in [2.05, 4.69) is 31.2 Å². The maximum absolute atomic E-state index is 13.0. The summed E-state index contributed by atoms with van der Waals surface area (Å²) < 4.78 is 6.62. The Morgan fingerprint density at radius 3 is 2.96 bits per heavy atom. The maximum Gasteiger partial charge on any atom is 0.265 e. The van der Waals surface area contributed by atoms with Crippen molar-refractivity contribution in [3.63, 3.8) is 0 Å². The Hall–Kier alpha value is -3.00. The number of aromatic nitrogens is 2. The summed E-state index contributed by atoms with van der Waals surface area (Å²) in [6.07, 6.45) is 1.62. The van der Waals surface area contributed by atoms with E-state index in [9.17, 15) is 9.59 Å². The number of amides is 2. The minimum Gasteiger partial charge on any atom is -0.467 e. The lowest BCUT2D eigenvalue weighted by atomic mass is 10.1. The molecule has 7 nitrogen and oxygen atoms in total. The second kappa shape index (κ2) is 7.55. The van der Waals surface area contributed by atoms with Gasteiger partial charge in [0.25, 0.3) is 5.91 Å². The fourth-order valence-corrected chi connectivity index (χ4v) is 3.65. The van der Waals surface area contributed by atoms with Crippen LogP contribution in [0.3, 0.4) is 0 Å². The molecule has 1 atom stereocenters. The smallest absolute Gasteiger partial charge is 0.265 e. The number of anilines is 2. The van der Waals surface area contributed by atoms with Crippen LogP contribution in [0.2, 0.25) is 0 Å². The van der Waals surface area contributed by atoms with Crippen LogP contribution in [-0.2, 0) is 9.59 Å². The SMILES string of the molecule is C[C@H]1CC(=O)Nc2ccccc2N1C(=O)COc1ncnc2ccc(Br)cc12. The molecule has 3 aromatic rings. The standard InChI is InChI=1S/C20H17BrN4O3/c1-12-8-18(26)24-16-4-2-3-5-17(16)25(12)19(27)10-28-20-14-9-13(21)6-7-15(14)22-11-23-20/h2-7,9,11-12H,8,10H2,1H3,(H,24,26)/t12-/m0/s1. The van der Waals surface area contributed by atoms with Crippen LogP contribution in [-0.4, -0.2) is 34.4 Å². The quantitative estimate of drug-likeness (QED) is 0.673. The maximum atomic E-state index is 13.0. The average molecular weight is 441 g/mol. The van der Waals surface area contributed by atoms with Gasteiger partial charge < -0.3 is 15.0 Å². The van der Waals surface area contributed by atoms with Gasteiger partial charge in [-0.25, -0.2) is 9.97 Å². The summed E-state index contributed by atoms with van der Waals surface area (Å²) in [6, 6.07) is 12.5. The number of nitrogens with one attached hydrogen (secondary N) is 1. The number of ether oxygens (including phenoxy) is 1. The van der Waals surface area contributed by atoms with E-state index in [-0.39, 0.29) is 30.9 Å². The molecule has 4 rings (SSSR count). The first kappa shape index (κ1) is 18.4. The van der Waals surface area contributed by atoms with Gasteiger partial charge in [0.15, 0.2) is 6.61 Å². The molecule has 1 aliphatic rings. The molecule has 1 N–H and O–H groups in total. The molecule has 0 saturated heterocycles. The molecule has 28 heavy (non-hydrogen) atoms. The van der Waals surface area contributed by atoms with E-state index in [4.69, 9.17) is 4.74 Å². The van der Waals surface area contributed by atoms with Crippen LogP contribution >= 0.6 is 15.9 Å². The van der Waals surface area contributed by atoms with E-state index in [1.54, 1.807) is 11.0 Å². The van der Waals surface area contributed by atoms with Gasteiger partial charge in [-0.2, -0.15) is 0 Å². The van der Waals surface area contributed by atoms with Gasteiger partial charge in [-0.05, 0) is 37.3 Å². The van der Waals surface area contributed by atoms with E-state index >= 15 is 0 Å². The number of carbonyl (C=O) groups is 2. The molecule has 8 heteroatoms. The number of hydrogen-bond acceptors (Lipinski definition) is 5. The van der Waals surface area contributed by atoms with Crippen LogP contribution < -0.4 is 15.0 Å². The molecule has 0 saturated carbocycles. The summed E-state index contributed by atoms with van der Waals surface area (Å²) in [5.41, 5.74) is 2.00. The molecule has 2 amide bonds. The van der Waals surface area contributed by atoms with E-state index in [0.29, 0.717) is 22.6 Å². The fourth-order valence-electron chi connectivity index (χ4n) is 3.29. The van der Waals surface area contributed by atoms with E-state index in [1.807, 2.05) is 43.3 Å². The van der Waals surface area contributed by atoms with Gasteiger partial charge in [-0.3, -0.25) is 9.59 Å². The van der Waals surface area contributed by atoms with Gasteiger partial charge in [0.1, 0.15) is 6.33 Å². The van der Waals surface area contributed by atoms with E-state index in [0.717, 1.165) is 9.99 Å². The first-order chi connectivity index (χ1) is 13.5.